The highest BCUT2D eigenvalue weighted by molar-refractivity contribution is 5.77. The van der Waals surface area contributed by atoms with Gasteiger partial charge < -0.3 is 20.5 Å². The molecular formula is C15H22N2O4. The Morgan fingerprint density at radius 2 is 2.10 bits per heavy atom. The van der Waals surface area contributed by atoms with Crippen molar-refractivity contribution in [3.8, 4) is 5.75 Å². The van der Waals surface area contributed by atoms with Crippen LogP contribution in [0.15, 0.2) is 18.2 Å². The summed E-state index contributed by atoms with van der Waals surface area (Å²) in [6, 6.07) is 5.24. The number of amides is 1. The van der Waals surface area contributed by atoms with Crippen molar-refractivity contribution in [3.05, 3.63) is 23.8 Å². The minimum Gasteiger partial charge on any atom is -0.484 e. The highest BCUT2D eigenvalue weighted by Crippen LogP contribution is 2.19. The van der Waals surface area contributed by atoms with E-state index in [4.69, 9.17) is 15.2 Å². The van der Waals surface area contributed by atoms with Crippen molar-refractivity contribution in [2.75, 3.05) is 25.5 Å². The first-order chi connectivity index (χ1) is 10.0. The zero-order valence-corrected chi connectivity index (χ0v) is 12.5. The lowest BCUT2D eigenvalue weighted by Gasteiger charge is -2.10. The number of hydrogen-bond acceptors (Lipinski definition) is 5. The van der Waals surface area contributed by atoms with Gasteiger partial charge >= 0.3 is 5.97 Å². The molecule has 1 rings (SSSR count). The van der Waals surface area contributed by atoms with Crippen molar-refractivity contribution in [2.24, 2.45) is 0 Å². The van der Waals surface area contributed by atoms with E-state index in [0.717, 1.165) is 5.56 Å². The predicted molar refractivity (Wildman–Crippen MR) is 80.0 cm³/mol. The van der Waals surface area contributed by atoms with E-state index in [1.807, 2.05) is 6.92 Å². The van der Waals surface area contributed by atoms with E-state index < -0.39 is 0 Å². The number of nitrogen functional groups attached to an aromatic ring is 1. The number of benzene rings is 1. The lowest BCUT2D eigenvalue weighted by Crippen LogP contribution is -2.30. The van der Waals surface area contributed by atoms with Crippen molar-refractivity contribution >= 4 is 17.6 Å². The third-order valence-corrected chi connectivity index (χ3v) is 2.74. The van der Waals surface area contributed by atoms with Crippen molar-refractivity contribution in [1.29, 1.82) is 0 Å². The minimum absolute atomic E-state index is 0.0653. The number of esters is 1. The van der Waals surface area contributed by atoms with E-state index in [1.54, 1.807) is 25.1 Å². The van der Waals surface area contributed by atoms with Crippen LogP contribution in [0.25, 0.3) is 0 Å². The van der Waals surface area contributed by atoms with Gasteiger partial charge in [-0.15, -0.1) is 0 Å². The molecule has 3 N–H and O–H groups in total. The largest absolute Gasteiger partial charge is 0.484 e. The third kappa shape index (κ3) is 6.65. The van der Waals surface area contributed by atoms with Crippen molar-refractivity contribution in [2.45, 2.75) is 26.7 Å². The molecule has 0 saturated heterocycles. The molecule has 1 aromatic rings. The Morgan fingerprint density at radius 1 is 1.33 bits per heavy atom. The second kappa shape index (κ2) is 8.84. The first-order valence-electron chi connectivity index (χ1n) is 6.94. The van der Waals surface area contributed by atoms with Gasteiger partial charge in [-0.3, -0.25) is 9.59 Å². The first-order valence-corrected chi connectivity index (χ1v) is 6.94. The van der Waals surface area contributed by atoms with Crippen LogP contribution in [0.1, 0.15) is 25.3 Å². The molecule has 116 valence electrons. The Balaban J connectivity index is 2.21. The quantitative estimate of drug-likeness (QED) is 0.430. The monoisotopic (exact) mass is 294 g/mol. The Kier molecular flexibility index (Phi) is 7.08. The fraction of sp³-hybridized carbons (Fsp3) is 0.467. The first kappa shape index (κ1) is 16.8. The second-order valence-corrected chi connectivity index (χ2v) is 4.57. The van der Waals surface area contributed by atoms with E-state index in [1.165, 1.54) is 0 Å². The molecule has 0 heterocycles. The van der Waals surface area contributed by atoms with Crippen LogP contribution in [-0.4, -0.2) is 31.6 Å². The maximum Gasteiger partial charge on any atom is 0.305 e. The fourth-order valence-electron chi connectivity index (χ4n) is 1.72. The number of nitrogens with two attached hydrogens (primary N) is 1. The molecule has 1 amide bonds. The van der Waals surface area contributed by atoms with E-state index >= 15 is 0 Å². The van der Waals surface area contributed by atoms with E-state index in [-0.39, 0.29) is 18.5 Å². The molecule has 0 saturated carbocycles. The summed E-state index contributed by atoms with van der Waals surface area (Å²) in [5.41, 5.74) is 7.17. The molecule has 0 bridgehead atoms. The fourth-order valence-corrected chi connectivity index (χ4v) is 1.72. The average Bonchev–Trinajstić information content (AvgIpc) is 2.43. The molecule has 0 aromatic heterocycles. The molecule has 0 aliphatic heterocycles. The lowest BCUT2D eigenvalue weighted by molar-refractivity contribution is -0.143. The van der Waals surface area contributed by atoms with Crippen LogP contribution < -0.4 is 15.8 Å². The number of carbonyl (C=O) groups is 2. The molecule has 21 heavy (non-hydrogen) atoms. The van der Waals surface area contributed by atoms with Gasteiger partial charge in [0.2, 0.25) is 0 Å². The van der Waals surface area contributed by atoms with Crippen molar-refractivity contribution in [1.82, 2.24) is 5.32 Å². The van der Waals surface area contributed by atoms with Crippen LogP contribution >= 0.6 is 0 Å². The SMILES string of the molecule is CCOC(=O)CCCNC(=O)COc1ccc(N)cc1C. The maximum atomic E-state index is 11.6. The Labute approximate surface area is 124 Å². The molecule has 0 radical (unpaired) electrons. The third-order valence-electron chi connectivity index (χ3n) is 2.74. The van der Waals surface area contributed by atoms with Crippen molar-refractivity contribution < 1.29 is 19.1 Å². The molecule has 0 aliphatic rings. The molecule has 0 unspecified atom stereocenters. The molecule has 0 spiro atoms. The number of carbonyl (C=O) groups excluding carboxylic acids is 2. The van der Waals surface area contributed by atoms with Crippen LogP contribution in [0.2, 0.25) is 0 Å². The number of hydrogen-bond donors (Lipinski definition) is 2. The van der Waals surface area contributed by atoms with Gasteiger partial charge in [-0.05, 0) is 44.0 Å². The number of aryl methyl sites for hydroxylation is 1. The van der Waals surface area contributed by atoms with Crippen LogP contribution in [0, 0.1) is 6.92 Å². The van der Waals surface area contributed by atoms with Crippen LogP contribution in [0.4, 0.5) is 5.69 Å². The molecule has 0 atom stereocenters. The number of ether oxygens (including phenoxy) is 2. The van der Waals surface area contributed by atoms with Crippen LogP contribution in [0.3, 0.4) is 0 Å². The number of nitrogens with one attached hydrogen (secondary N) is 1. The van der Waals surface area contributed by atoms with Gasteiger partial charge in [0.25, 0.3) is 5.91 Å². The summed E-state index contributed by atoms with van der Waals surface area (Å²) < 4.78 is 10.2. The second-order valence-electron chi connectivity index (χ2n) is 4.57. The van der Waals surface area contributed by atoms with Crippen molar-refractivity contribution in [3.63, 3.8) is 0 Å². The topological polar surface area (TPSA) is 90.6 Å². The highest BCUT2D eigenvalue weighted by Gasteiger charge is 2.06. The molecule has 6 heteroatoms. The number of anilines is 1. The Bertz CT molecular complexity index is 489. The van der Waals surface area contributed by atoms with E-state index in [9.17, 15) is 9.59 Å². The number of rotatable bonds is 8. The summed E-state index contributed by atoms with van der Waals surface area (Å²) >= 11 is 0. The summed E-state index contributed by atoms with van der Waals surface area (Å²) in [5, 5.41) is 2.68. The molecule has 1 aromatic carbocycles. The smallest absolute Gasteiger partial charge is 0.305 e. The highest BCUT2D eigenvalue weighted by atomic mass is 16.5. The summed E-state index contributed by atoms with van der Waals surface area (Å²) in [5.74, 6) is 0.154. The standard InChI is InChI=1S/C15H22N2O4/c1-3-20-15(19)5-4-8-17-14(18)10-21-13-7-6-12(16)9-11(13)2/h6-7,9H,3-5,8,10,16H2,1-2H3,(H,17,18). The zero-order chi connectivity index (χ0) is 15.7. The summed E-state index contributed by atoms with van der Waals surface area (Å²) in [6.07, 6.45) is 0.845. The van der Waals surface area contributed by atoms with E-state index in [0.29, 0.717) is 37.4 Å². The van der Waals surface area contributed by atoms with Gasteiger partial charge in [0, 0.05) is 18.7 Å². The van der Waals surface area contributed by atoms with Gasteiger partial charge in [-0.1, -0.05) is 0 Å². The van der Waals surface area contributed by atoms with Gasteiger partial charge in [0.15, 0.2) is 6.61 Å². The van der Waals surface area contributed by atoms with Gasteiger partial charge in [0.05, 0.1) is 6.61 Å². The lowest BCUT2D eigenvalue weighted by atomic mass is 10.2. The van der Waals surface area contributed by atoms with Crippen LogP contribution in [-0.2, 0) is 14.3 Å². The van der Waals surface area contributed by atoms with Gasteiger partial charge in [-0.2, -0.15) is 0 Å². The Hall–Kier alpha value is -2.24. The Morgan fingerprint density at radius 3 is 2.76 bits per heavy atom. The summed E-state index contributed by atoms with van der Waals surface area (Å²) in [6.45, 7) is 4.35. The minimum atomic E-state index is -0.250. The summed E-state index contributed by atoms with van der Waals surface area (Å²) in [4.78, 5) is 22.7. The van der Waals surface area contributed by atoms with Gasteiger partial charge in [-0.25, -0.2) is 0 Å². The molecular weight excluding hydrogens is 272 g/mol. The maximum absolute atomic E-state index is 11.6. The zero-order valence-electron chi connectivity index (χ0n) is 12.5. The molecule has 6 nitrogen and oxygen atoms in total. The average molecular weight is 294 g/mol. The molecule has 0 aliphatic carbocycles. The summed E-state index contributed by atoms with van der Waals surface area (Å²) in [7, 11) is 0. The van der Waals surface area contributed by atoms with Gasteiger partial charge in [0.1, 0.15) is 5.75 Å². The molecule has 0 fully saturated rings. The normalized spacial score (nSPS) is 10.0. The van der Waals surface area contributed by atoms with E-state index in [2.05, 4.69) is 5.32 Å². The predicted octanol–water partition coefficient (Wildman–Crippen LogP) is 1.42. The van der Waals surface area contributed by atoms with Crippen LogP contribution in [0.5, 0.6) is 5.75 Å².